The van der Waals surface area contributed by atoms with Crippen LogP contribution in [-0.2, 0) is 9.59 Å². The molecule has 7 nitrogen and oxygen atoms in total. The minimum absolute atomic E-state index is 0.00786. The zero-order chi connectivity index (χ0) is 16.0. The van der Waals surface area contributed by atoms with E-state index in [1.807, 2.05) is 0 Å². The predicted octanol–water partition coefficient (Wildman–Crippen LogP) is 0.830. The van der Waals surface area contributed by atoms with Crippen molar-refractivity contribution in [3.8, 4) is 0 Å². The second-order valence-corrected chi connectivity index (χ2v) is 4.71. The number of carbonyl (C=O) groups excluding carboxylic acids is 2. The SMILES string of the molecule is CNC(=O)c1ccc(Cl)c(NC(=O)C(N)CCC(=O)O)c1. The molecular weight excluding hydrogens is 298 g/mol. The Morgan fingerprint density at radius 1 is 1.38 bits per heavy atom. The number of rotatable bonds is 6. The third kappa shape index (κ3) is 5.05. The molecule has 0 fully saturated rings. The zero-order valence-corrected chi connectivity index (χ0v) is 12.1. The molecule has 1 rings (SSSR count). The van der Waals surface area contributed by atoms with Crippen molar-refractivity contribution in [1.29, 1.82) is 0 Å². The topological polar surface area (TPSA) is 122 Å². The number of carboxylic acids is 1. The summed E-state index contributed by atoms with van der Waals surface area (Å²) >= 11 is 5.94. The average Bonchev–Trinajstić information content (AvgIpc) is 2.45. The summed E-state index contributed by atoms with van der Waals surface area (Å²) in [6.45, 7) is 0. The lowest BCUT2D eigenvalue weighted by Crippen LogP contribution is -2.36. The molecule has 0 aliphatic carbocycles. The zero-order valence-electron chi connectivity index (χ0n) is 11.4. The maximum absolute atomic E-state index is 11.8. The first-order chi connectivity index (χ1) is 9.85. The van der Waals surface area contributed by atoms with Gasteiger partial charge in [0.05, 0.1) is 16.8 Å². The highest BCUT2D eigenvalue weighted by molar-refractivity contribution is 6.34. The summed E-state index contributed by atoms with van der Waals surface area (Å²) in [6, 6.07) is 3.44. The van der Waals surface area contributed by atoms with Gasteiger partial charge in [0.25, 0.3) is 5.91 Å². The van der Waals surface area contributed by atoms with Gasteiger partial charge in [-0.15, -0.1) is 0 Å². The second-order valence-electron chi connectivity index (χ2n) is 4.30. The maximum atomic E-state index is 11.8. The van der Waals surface area contributed by atoms with Gasteiger partial charge < -0.3 is 21.5 Å². The van der Waals surface area contributed by atoms with Crippen LogP contribution < -0.4 is 16.4 Å². The molecule has 8 heteroatoms. The van der Waals surface area contributed by atoms with Gasteiger partial charge in [-0.1, -0.05) is 11.6 Å². The Morgan fingerprint density at radius 2 is 2.05 bits per heavy atom. The molecule has 0 radical (unpaired) electrons. The number of nitrogens with one attached hydrogen (secondary N) is 2. The lowest BCUT2D eigenvalue weighted by Gasteiger charge is -2.13. The molecule has 5 N–H and O–H groups in total. The first kappa shape index (κ1) is 16.9. The van der Waals surface area contributed by atoms with Gasteiger partial charge in [-0.25, -0.2) is 0 Å². The quantitative estimate of drug-likeness (QED) is 0.619. The van der Waals surface area contributed by atoms with E-state index in [0.717, 1.165) is 0 Å². The van der Waals surface area contributed by atoms with Crippen molar-refractivity contribution in [3.63, 3.8) is 0 Å². The summed E-state index contributed by atoms with van der Waals surface area (Å²) in [7, 11) is 1.48. The third-order valence-electron chi connectivity index (χ3n) is 2.72. The van der Waals surface area contributed by atoms with Crippen molar-refractivity contribution in [2.24, 2.45) is 5.73 Å². The molecule has 0 bridgehead atoms. The van der Waals surface area contributed by atoms with Crippen molar-refractivity contribution in [1.82, 2.24) is 5.32 Å². The fourth-order valence-corrected chi connectivity index (χ4v) is 1.71. The number of halogens is 1. The molecule has 0 aliphatic rings. The Labute approximate surface area is 126 Å². The maximum Gasteiger partial charge on any atom is 0.303 e. The normalized spacial score (nSPS) is 11.6. The highest BCUT2D eigenvalue weighted by Crippen LogP contribution is 2.23. The first-order valence-corrected chi connectivity index (χ1v) is 6.52. The smallest absolute Gasteiger partial charge is 0.303 e. The lowest BCUT2D eigenvalue weighted by atomic mass is 10.1. The molecule has 1 atom stereocenters. The average molecular weight is 314 g/mol. The van der Waals surface area contributed by atoms with E-state index in [0.29, 0.717) is 5.56 Å². The number of benzene rings is 1. The number of aliphatic carboxylic acids is 1. The van der Waals surface area contributed by atoms with E-state index in [9.17, 15) is 14.4 Å². The van der Waals surface area contributed by atoms with E-state index in [-0.39, 0.29) is 29.5 Å². The molecule has 0 spiro atoms. The minimum atomic E-state index is -1.03. The number of anilines is 1. The van der Waals surface area contributed by atoms with Gasteiger partial charge in [0.1, 0.15) is 0 Å². The fraction of sp³-hybridized carbons (Fsp3) is 0.308. The van der Waals surface area contributed by atoms with Gasteiger partial charge in [0.15, 0.2) is 0 Å². The van der Waals surface area contributed by atoms with Crippen LogP contribution in [0.2, 0.25) is 5.02 Å². The van der Waals surface area contributed by atoms with Crippen molar-refractivity contribution in [2.75, 3.05) is 12.4 Å². The predicted molar refractivity (Wildman–Crippen MR) is 78.3 cm³/mol. The number of amides is 2. The van der Waals surface area contributed by atoms with Gasteiger partial charge in [0.2, 0.25) is 5.91 Å². The van der Waals surface area contributed by atoms with Crippen LogP contribution >= 0.6 is 11.6 Å². The summed E-state index contributed by atoms with van der Waals surface area (Å²) in [4.78, 5) is 33.8. The fourth-order valence-electron chi connectivity index (χ4n) is 1.54. The summed E-state index contributed by atoms with van der Waals surface area (Å²) < 4.78 is 0. The molecule has 1 aromatic carbocycles. The monoisotopic (exact) mass is 313 g/mol. The van der Waals surface area contributed by atoms with Gasteiger partial charge in [0, 0.05) is 19.0 Å². The van der Waals surface area contributed by atoms with Crippen LogP contribution in [-0.4, -0.2) is 36.0 Å². The lowest BCUT2D eigenvalue weighted by molar-refractivity contribution is -0.137. The van der Waals surface area contributed by atoms with E-state index < -0.39 is 17.9 Å². The molecule has 1 unspecified atom stereocenters. The van der Waals surface area contributed by atoms with Gasteiger partial charge in [-0.3, -0.25) is 14.4 Å². The van der Waals surface area contributed by atoms with Gasteiger partial charge >= 0.3 is 5.97 Å². The summed E-state index contributed by atoms with van der Waals surface area (Å²) in [5, 5.41) is 13.7. The molecule has 0 saturated heterocycles. The van der Waals surface area contributed by atoms with Crippen LogP contribution in [0.25, 0.3) is 0 Å². The largest absolute Gasteiger partial charge is 0.481 e. The van der Waals surface area contributed by atoms with Crippen molar-refractivity contribution >= 4 is 35.1 Å². The first-order valence-electron chi connectivity index (χ1n) is 6.15. The van der Waals surface area contributed by atoms with Crippen LogP contribution in [0.15, 0.2) is 18.2 Å². The van der Waals surface area contributed by atoms with Gasteiger partial charge in [-0.2, -0.15) is 0 Å². The van der Waals surface area contributed by atoms with Gasteiger partial charge in [-0.05, 0) is 24.6 Å². The number of nitrogens with two attached hydrogens (primary N) is 1. The molecule has 0 saturated carbocycles. The Morgan fingerprint density at radius 3 is 2.62 bits per heavy atom. The Hall–Kier alpha value is -2.12. The molecule has 0 aromatic heterocycles. The van der Waals surface area contributed by atoms with E-state index in [1.165, 1.54) is 25.2 Å². The highest BCUT2D eigenvalue weighted by Gasteiger charge is 2.17. The Kier molecular flexibility index (Phi) is 6.13. The van der Waals surface area contributed by atoms with Crippen molar-refractivity contribution < 1.29 is 19.5 Å². The molecule has 114 valence electrons. The second kappa shape index (κ2) is 7.61. The summed E-state index contributed by atoms with van der Waals surface area (Å²) in [5.41, 5.74) is 6.16. The molecule has 21 heavy (non-hydrogen) atoms. The third-order valence-corrected chi connectivity index (χ3v) is 3.05. The highest BCUT2D eigenvalue weighted by atomic mass is 35.5. The molecular formula is C13H16ClN3O4. The van der Waals surface area contributed by atoms with Crippen LogP contribution in [0.1, 0.15) is 23.2 Å². The van der Waals surface area contributed by atoms with Crippen LogP contribution in [0.5, 0.6) is 0 Å². The van der Waals surface area contributed by atoms with E-state index in [2.05, 4.69) is 10.6 Å². The Balaban J connectivity index is 2.79. The summed E-state index contributed by atoms with van der Waals surface area (Å²) in [6.07, 6.45) is -0.200. The van der Waals surface area contributed by atoms with Crippen LogP contribution in [0.4, 0.5) is 5.69 Å². The Bertz CT molecular complexity index is 562. The number of hydrogen-bond donors (Lipinski definition) is 4. The number of carbonyl (C=O) groups is 3. The van der Waals surface area contributed by atoms with Crippen LogP contribution in [0, 0.1) is 0 Å². The van der Waals surface area contributed by atoms with Crippen molar-refractivity contribution in [2.45, 2.75) is 18.9 Å². The standard InChI is InChI=1S/C13H16ClN3O4/c1-16-12(20)7-2-3-8(14)10(6-7)17-13(21)9(15)4-5-11(18)19/h2-3,6,9H,4-5,15H2,1H3,(H,16,20)(H,17,21)(H,18,19). The molecule has 1 aromatic rings. The molecule has 0 heterocycles. The van der Waals surface area contributed by atoms with E-state index in [4.69, 9.17) is 22.4 Å². The van der Waals surface area contributed by atoms with Crippen molar-refractivity contribution in [3.05, 3.63) is 28.8 Å². The molecule has 2 amide bonds. The minimum Gasteiger partial charge on any atom is -0.481 e. The van der Waals surface area contributed by atoms with E-state index >= 15 is 0 Å². The van der Waals surface area contributed by atoms with Crippen LogP contribution in [0.3, 0.4) is 0 Å². The van der Waals surface area contributed by atoms with E-state index in [1.54, 1.807) is 0 Å². The summed E-state index contributed by atoms with van der Waals surface area (Å²) in [5.74, 6) is -1.91. The number of carboxylic acid groups (broad SMARTS) is 1. The number of hydrogen-bond acceptors (Lipinski definition) is 4. The molecule has 0 aliphatic heterocycles.